The second-order valence-electron chi connectivity index (χ2n) is 3.74. The van der Waals surface area contributed by atoms with Crippen LogP contribution in [0.25, 0.3) is 22.3 Å². The fourth-order valence-corrected chi connectivity index (χ4v) is 1.80. The minimum Gasteiger partial charge on any atom is -0.497 e. The van der Waals surface area contributed by atoms with Gasteiger partial charge >= 0.3 is 0 Å². The minimum atomic E-state index is 0.852. The molecular weight excluding hydrogens is 214 g/mol. The van der Waals surface area contributed by atoms with Crippen LogP contribution in [-0.4, -0.2) is 22.1 Å². The van der Waals surface area contributed by atoms with E-state index >= 15 is 0 Å². The molecule has 84 valence electrons. The maximum Gasteiger partial charge on any atom is 0.141 e. The number of aromatic amines is 1. The first-order valence-electron chi connectivity index (χ1n) is 5.30. The van der Waals surface area contributed by atoms with Crippen molar-refractivity contribution in [2.75, 3.05) is 7.11 Å². The van der Waals surface area contributed by atoms with Crippen LogP contribution in [0.5, 0.6) is 5.75 Å². The molecule has 0 aliphatic rings. The van der Waals surface area contributed by atoms with Crippen LogP contribution in [0, 0.1) is 0 Å². The van der Waals surface area contributed by atoms with Gasteiger partial charge < -0.3 is 9.72 Å². The van der Waals surface area contributed by atoms with E-state index in [4.69, 9.17) is 4.74 Å². The van der Waals surface area contributed by atoms with Crippen molar-refractivity contribution >= 4 is 11.0 Å². The van der Waals surface area contributed by atoms with Gasteiger partial charge in [0, 0.05) is 17.3 Å². The summed E-state index contributed by atoms with van der Waals surface area (Å²) in [5.41, 5.74) is 2.98. The van der Waals surface area contributed by atoms with Gasteiger partial charge in [0.2, 0.25) is 0 Å². The summed E-state index contributed by atoms with van der Waals surface area (Å²) >= 11 is 0. The first kappa shape index (κ1) is 9.84. The number of benzene rings is 1. The summed E-state index contributed by atoms with van der Waals surface area (Å²) in [6, 6.07) is 9.93. The standard InChI is InChI=1S/C13H11N3O/c1-17-11-4-2-9(3-5-11)12-6-10-7-14-8-15-13(10)16-12/h2-8H,1H3,(H,14,15,16). The topological polar surface area (TPSA) is 50.8 Å². The van der Waals surface area contributed by atoms with E-state index in [1.54, 1.807) is 13.3 Å². The quantitative estimate of drug-likeness (QED) is 0.729. The van der Waals surface area contributed by atoms with Gasteiger partial charge in [-0.15, -0.1) is 0 Å². The van der Waals surface area contributed by atoms with Gasteiger partial charge in [0.1, 0.15) is 17.7 Å². The van der Waals surface area contributed by atoms with Crippen molar-refractivity contribution in [3.8, 4) is 17.0 Å². The van der Waals surface area contributed by atoms with Gasteiger partial charge in [0.15, 0.2) is 0 Å². The number of methoxy groups -OCH3 is 1. The summed E-state index contributed by atoms with van der Waals surface area (Å²) < 4.78 is 5.13. The number of fused-ring (bicyclic) bond motifs is 1. The highest BCUT2D eigenvalue weighted by Gasteiger charge is 2.03. The molecule has 0 saturated carbocycles. The molecule has 1 aromatic carbocycles. The van der Waals surface area contributed by atoms with Crippen LogP contribution >= 0.6 is 0 Å². The van der Waals surface area contributed by atoms with E-state index in [-0.39, 0.29) is 0 Å². The zero-order valence-corrected chi connectivity index (χ0v) is 9.34. The Morgan fingerprint density at radius 3 is 2.71 bits per heavy atom. The lowest BCUT2D eigenvalue weighted by Gasteiger charge is -2.00. The van der Waals surface area contributed by atoms with Crippen molar-refractivity contribution in [2.45, 2.75) is 0 Å². The average Bonchev–Trinajstić information content (AvgIpc) is 2.82. The summed E-state index contributed by atoms with van der Waals surface area (Å²) in [6.07, 6.45) is 3.34. The molecule has 2 aromatic heterocycles. The predicted molar refractivity (Wildman–Crippen MR) is 65.9 cm³/mol. The molecule has 0 radical (unpaired) electrons. The zero-order chi connectivity index (χ0) is 11.7. The molecule has 17 heavy (non-hydrogen) atoms. The van der Waals surface area contributed by atoms with Crippen LogP contribution < -0.4 is 4.74 Å². The Balaban J connectivity index is 2.07. The molecule has 4 nitrogen and oxygen atoms in total. The SMILES string of the molecule is COc1ccc(-c2cc3cncnc3[nH]2)cc1. The van der Waals surface area contributed by atoms with E-state index in [1.807, 2.05) is 30.3 Å². The number of hydrogen-bond donors (Lipinski definition) is 1. The van der Waals surface area contributed by atoms with Gasteiger partial charge in [0.25, 0.3) is 0 Å². The zero-order valence-electron chi connectivity index (χ0n) is 9.34. The number of H-pyrrole nitrogens is 1. The summed E-state index contributed by atoms with van der Waals surface area (Å²) in [4.78, 5) is 11.4. The summed E-state index contributed by atoms with van der Waals surface area (Å²) in [7, 11) is 1.66. The normalized spacial score (nSPS) is 10.6. The molecule has 0 aliphatic carbocycles. The molecule has 0 saturated heterocycles. The van der Waals surface area contributed by atoms with Crippen LogP contribution in [0.1, 0.15) is 0 Å². The third-order valence-electron chi connectivity index (χ3n) is 2.69. The molecule has 0 amide bonds. The highest BCUT2D eigenvalue weighted by atomic mass is 16.5. The lowest BCUT2D eigenvalue weighted by molar-refractivity contribution is 0.415. The second kappa shape index (κ2) is 3.90. The van der Waals surface area contributed by atoms with E-state index in [9.17, 15) is 0 Å². The molecule has 0 atom stereocenters. The Morgan fingerprint density at radius 2 is 2.00 bits per heavy atom. The monoisotopic (exact) mass is 225 g/mol. The Labute approximate surface area is 98.3 Å². The molecule has 3 aromatic rings. The summed E-state index contributed by atoms with van der Waals surface area (Å²) in [5, 5.41) is 1.01. The maximum absolute atomic E-state index is 5.13. The van der Waals surface area contributed by atoms with Crippen molar-refractivity contribution in [1.82, 2.24) is 15.0 Å². The lowest BCUT2D eigenvalue weighted by atomic mass is 10.1. The second-order valence-corrected chi connectivity index (χ2v) is 3.74. The molecule has 0 aliphatic heterocycles. The van der Waals surface area contributed by atoms with Gasteiger partial charge in [-0.05, 0) is 35.9 Å². The fourth-order valence-electron chi connectivity index (χ4n) is 1.80. The van der Waals surface area contributed by atoms with E-state index in [1.165, 1.54) is 6.33 Å². The Hall–Kier alpha value is -2.36. The summed E-state index contributed by atoms with van der Waals surface area (Å²) in [5.74, 6) is 0.852. The Kier molecular flexibility index (Phi) is 2.26. The molecule has 2 heterocycles. The van der Waals surface area contributed by atoms with E-state index in [2.05, 4.69) is 15.0 Å². The van der Waals surface area contributed by atoms with Crippen molar-refractivity contribution in [3.63, 3.8) is 0 Å². The minimum absolute atomic E-state index is 0.852. The smallest absolute Gasteiger partial charge is 0.141 e. The number of nitrogens with one attached hydrogen (secondary N) is 1. The fraction of sp³-hybridized carbons (Fsp3) is 0.0769. The van der Waals surface area contributed by atoms with E-state index < -0.39 is 0 Å². The largest absolute Gasteiger partial charge is 0.497 e. The van der Waals surface area contributed by atoms with Gasteiger partial charge in [-0.25, -0.2) is 9.97 Å². The molecule has 1 N–H and O–H groups in total. The van der Waals surface area contributed by atoms with Crippen molar-refractivity contribution in [2.24, 2.45) is 0 Å². The molecular formula is C13H11N3O. The average molecular weight is 225 g/mol. The Morgan fingerprint density at radius 1 is 1.18 bits per heavy atom. The van der Waals surface area contributed by atoms with Gasteiger partial charge in [-0.1, -0.05) is 0 Å². The number of aromatic nitrogens is 3. The van der Waals surface area contributed by atoms with Gasteiger partial charge in [-0.3, -0.25) is 0 Å². The van der Waals surface area contributed by atoms with Gasteiger partial charge in [0.05, 0.1) is 7.11 Å². The molecule has 0 fully saturated rings. The number of ether oxygens (including phenoxy) is 1. The predicted octanol–water partition coefficient (Wildman–Crippen LogP) is 2.63. The maximum atomic E-state index is 5.13. The van der Waals surface area contributed by atoms with Crippen molar-refractivity contribution in [1.29, 1.82) is 0 Å². The number of rotatable bonds is 2. The third-order valence-corrected chi connectivity index (χ3v) is 2.69. The van der Waals surface area contributed by atoms with E-state index in [0.29, 0.717) is 0 Å². The lowest BCUT2D eigenvalue weighted by Crippen LogP contribution is -1.82. The van der Waals surface area contributed by atoms with Crippen LogP contribution in [0.2, 0.25) is 0 Å². The number of nitrogens with zero attached hydrogens (tertiary/aromatic N) is 2. The van der Waals surface area contributed by atoms with Crippen molar-refractivity contribution in [3.05, 3.63) is 42.9 Å². The van der Waals surface area contributed by atoms with Crippen LogP contribution in [0.4, 0.5) is 0 Å². The Bertz CT molecular complexity index is 610. The number of hydrogen-bond acceptors (Lipinski definition) is 3. The van der Waals surface area contributed by atoms with E-state index in [0.717, 1.165) is 28.0 Å². The first-order valence-corrected chi connectivity index (χ1v) is 5.30. The van der Waals surface area contributed by atoms with Gasteiger partial charge in [-0.2, -0.15) is 0 Å². The molecule has 4 heteroatoms. The molecule has 0 unspecified atom stereocenters. The third kappa shape index (κ3) is 1.73. The summed E-state index contributed by atoms with van der Waals surface area (Å²) in [6.45, 7) is 0. The van der Waals surface area contributed by atoms with Crippen LogP contribution in [0.3, 0.4) is 0 Å². The first-order chi connectivity index (χ1) is 8.36. The van der Waals surface area contributed by atoms with Crippen LogP contribution in [-0.2, 0) is 0 Å². The highest BCUT2D eigenvalue weighted by molar-refractivity contribution is 5.82. The molecule has 0 bridgehead atoms. The molecule has 0 spiro atoms. The highest BCUT2D eigenvalue weighted by Crippen LogP contribution is 2.24. The molecule has 3 rings (SSSR count). The van der Waals surface area contributed by atoms with Crippen LogP contribution in [0.15, 0.2) is 42.9 Å². The van der Waals surface area contributed by atoms with Crippen molar-refractivity contribution < 1.29 is 4.74 Å².